The highest BCUT2D eigenvalue weighted by molar-refractivity contribution is 5.94. The molecule has 0 aliphatic heterocycles. The van der Waals surface area contributed by atoms with Crippen molar-refractivity contribution in [2.45, 2.75) is 199 Å². The van der Waals surface area contributed by atoms with Crippen molar-refractivity contribution in [3.8, 4) is 5.75 Å². The highest BCUT2D eigenvalue weighted by Gasteiger charge is 2.34. The number of esters is 3. The second kappa shape index (κ2) is 25.3. The molecule has 3 aliphatic carbocycles. The molecule has 0 unspecified atom stereocenters. The van der Waals surface area contributed by atoms with Crippen molar-refractivity contribution < 1.29 is 38.5 Å². The van der Waals surface area contributed by atoms with E-state index in [1.807, 2.05) is 6.07 Å². The van der Waals surface area contributed by atoms with Gasteiger partial charge in [-0.05, 0) is 131 Å². The van der Waals surface area contributed by atoms with Gasteiger partial charge in [0.2, 0.25) is 0 Å². The Morgan fingerprint density at radius 2 is 1.23 bits per heavy atom. The van der Waals surface area contributed by atoms with Gasteiger partial charge in [-0.25, -0.2) is 9.59 Å². The van der Waals surface area contributed by atoms with Crippen LogP contribution in [0.2, 0.25) is 0 Å². The van der Waals surface area contributed by atoms with E-state index in [0.717, 1.165) is 94.6 Å². The number of hydrogen-bond acceptors (Lipinski definition) is 7. The van der Waals surface area contributed by atoms with Gasteiger partial charge in [-0.3, -0.25) is 9.59 Å². The molecular formula is C48H74O8. The Balaban J connectivity index is 1.34. The van der Waals surface area contributed by atoms with E-state index in [1.54, 1.807) is 6.07 Å². The molecule has 1 aromatic carbocycles. The number of aromatic carboxylic acids is 1. The summed E-state index contributed by atoms with van der Waals surface area (Å²) in [5.41, 5.74) is 1.71. The van der Waals surface area contributed by atoms with Gasteiger partial charge in [-0.15, -0.1) is 0 Å². The summed E-state index contributed by atoms with van der Waals surface area (Å²) in [5.74, 6) is -0.557. The van der Waals surface area contributed by atoms with E-state index in [-0.39, 0.29) is 53.7 Å². The summed E-state index contributed by atoms with van der Waals surface area (Å²) < 4.78 is 17.3. The number of benzene rings is 1. The smallest absolute Gasteiger partial charge is 0.339 e. The van der Waals surface area contributed by atoms with Crippen LogP contribution in [0.3, 0.4) is 0 Å². The lowest BCUT2D eigenvalue weighted by atomic mass is 9.78. The molecule has 0 radical (unpaired) electrons. The van der Waals surface area contributed by atoms with Crippen LogP contribution in [-0.4, -0.2) is 41.7 Å². The van der Waals surface area contributed by atoms with E-state index in [2.05, 4.69) is 20.4 Å². The van der Waals surface area contributed by atoms with Crippen LogP contribution in [0.15, 0.2) is 24.8 Å². The normalized spacial score (nSPS) is 23.9. The molecule has 0 aromatic heterocycles. The molecule has 3 saturated carbocycles. The number of ether oxygens (including phenoxy) is 3. The number of carbonyl (C=O) groups excluding carboxylic acids is 3. The van der Waals surface area contributed by atoms with E-state index in [4.69, 9.17) is 14.2 Å². The topological polar surface area (TPSA) is 116 Å². The first kappa shape index (κ1) is 45.5. The van der Waals surface area contributed by atoms with Gasteiger partial charge in [0.15, 0.2) is 0 Å². The predicted molar refractivity (Wildman–Crippen MR) is 222 cm³/mol. The lowest BCUT2D eigenvalue weighted by Crippen LogP contribution is -2.30. The highest BCUT2D eigenvalue weighted by Crippen LogP contribution is 2.41. The maximum atomic E-state index is 13.5. The predicted octanol–water partition coefficient (Wildman–Crippen LogP) is 12.2. The molecule has 3 aliphatic rings. The molecule has 314 valence electrons. The summed E-state index contributed by atoms with van der Waals surface area (Å²) in [6.45, 7) is 8.15. The minimum atomic E-state index is -1.11. The van der Waals surface area contributed by atoms with Crippen LogP contribution in [0.4, 0.5) is 0 Å². The minimum Gasteiger partial charge on any atom is -0.478 e. The summed E-state index contributed by atoms with van der Waals surface area (Å²) in [6.07, 6.45) is 28.8. The molecule has 8 nitrogen and oxygen atoms in total. The van der Waals surface area contributed by atoms with Crippen LogP contribution < -0.4 is 4.74 Å². The van der Waals surface area contributed by atoms with Crippen LogP contribution in [0.1, 0.15) is 208 Å². The Hall–Kier alpha value is -3.16. The van der Waals surface area contributed by atoms with Crippen molar-refractivity contribution in [1.82, 2.24) is 0 Å². The second-order valence-corrected chi connectivity index (χ2v) is 17.3. The van der Waals surface area contributed by atoms with Crippen molar-refractivity contribution in [1.29, 1.82) is 0 Å². The number of carbonyl (C=O) groups is 4. The largest absolute Gasteiger partial charge is 0.478 e. The van der Waals surface area contributed by atoms with Crippen molar-refractivity contribution >= 4 is 23.9 Å². The molecule has 56 heavy (non-hydrogen) atoms. The molecule has 1 aromatic rings. The van der Waals surface area contributed by atoms with Gasteiger partial charge in [0, 0.05) is 6.08 Å². The molecule has 4 rings (SSSR count). The third kappa shape index (κ3) is 15.0. The SMILES string of the molecule is C=CC(=O)OCCCCc1c(C2CCC(OC(=O)C3CCC(CCCCCCC)CC3)CC2)ccc(OC(=O)C2CCC(CCCCCCC)CC2)c1C(=O)O. The summed E-state index contributed by atoms with van der Waals surface area (Å²) in [6, 6.07) is 3.64. The van der Waals surface area contributed by atoms with Crippen molar-refractivity contribution in [3.63, 3.8) is 0 Å². The molecule has 0 spiro atoms. The molecule has 0 saturated heterocycles. The van der Waals surface area contributed by atoms with Crippen LogP contribution in [0.5, 0.6) is 5.75 Å². The Kier molecular flexibility index (Phi) is 20.5. The Labute approximate surface area is 338 Å². The van der Waals surface area contributed by atoms with Crippen molar-refractivity contribution in [2.75, 3.05) is 6.61 Å². The molecule has 1 N–H and O–H groups in total. The van der Waals surface area contributed by atoms with Crippen LogP contribution in [0, 0.1) is 23.7 Å². The van der Waals surface area contributed by atoms with Gasteiger partial charge in [-0.2, -0.15) is 0 Å². The first-order chi connectivity index (χ1) is 27.2. The average molecular weight is 779 g/mol. The maximum Gasteiger partial charge on any atom is 0.339 e. The second-order valence-electron chi connectivity index (χ2n) is 17.3. The molecule has 0 atom stereocenters. The zero-order valence-electron chi connectivity index (χ0n) is 35.0. The monoisotopic (exact) mass is 779 g/mol. The quantitative estimate of drug-likeness (QED) is 0.0477. The lowest BCUT2D eigenvalue weighted by Gasteiger charge is -2.33. The number of rotatable bonds is 24. The van der Waals surface area contributed by atoms with E-state index in [9.17, 15) is 24.3 Å². The third-order valence-electron chi connectivity index (χ3n) is 13.2. The fourth-order valence-electron chi connectivity index (χ4n) is 9.64. The summed E-state index contributed by atoms with van der Waals surface area (Å²) in [7, 11) is 0. The zero-order chi connectivity index (χ0) is 40.1. The number of carboxylic acids is 1. The van der Waals surface area contributed by atoms with Crippen molar-refractivity contribution in [2.24, 2.45) is 23.7 Å². The van der Waals surface area contributed by atoms with E-state index < -0.39 is 11.9 Å². The van der Waals surface area contributed by atoms with E-state index >= 15 is 0 Å². The average Bonchev–Trinajstić information content (AvgIpc) is 3.21. The Bertz CT molecular complexity index is 1360. The molecule has 3 fully saturated rings. The fraction of sp³-hybridized carbons (Fsp3) is 0.750. The highest BCUT2D eigenvalue weighted by atomic mass is 16.5. The Morgan fingerprint density at radius 1 is 0.679 bits per heavy atom. The van der Waals surface area contributed by atoms with Crippen LogP contribution in [-0.2, 0) is 30.3 Å². The molecule has 0 heterocycles. The Morgan fingerprint density at radius 3 is 1.77 bits per heavy atom. The van der Waals surface area contributed by atoms with Gasteiger partial charge < -0.3 is 19.3 Å². The molecule has 0 bridgehead atoms. The van der Waals surface area contributed by atoms with Gasteiger partial charge in [-0.1, -0.05) is 104 Å². The molecular weight excluding hydrogens is 705 g/mol. The van der Waals surface area contributed by atoms with E-state index in [1.165, 1.54) is 77.0 Å². The first-order valence-electron chi connectivity index (χ1n) is 22.8. The summed E-state index contributed by atoms with van der Waals surface area (Å²) in [5, 5.41) is 10.6. The van der Waals surface area contributed by atoms with Crippen LogP contribution in [0.25, 0.3) is 0 Å². The van der Waals surface area contributed by atoms with Gasteiger partial charge in [0.25, 0.3) is 0 Å². The minimum absolute atomic E-state index is 0.00478. The molecule has 0 amide bonds. The first-order valence-corrected chi connectivity index (χ1v) is 22.8. The maximum absolute atomic E-state index is 13.5. The fourth-order valence-corrected chi connectivity index (χ4v) is 9.64. The number of hydrogen-bond donors (Lipinski definition) is 1. The summed E-state index contributed by atoms with van der Waals surface area (Å²) in [4.78, 5) is 51.3. The van der Waals surface area contributed by atoms with Gasteiger partial charge >= 0.3 is 23.9 Å². The third-order valence-corrected chi connectivity index (χ3v) is 13.2. The lowest BCUT2D eigenvalue weighted by molar-refractivity contribution is -0.157. The molecule has 8 heteroatoms. The number of carboxylic acid groups (broad SMARTS) is 1. The van der Waals surface area contributed by atoms with Crippen LogP contribution >= 0.6 is 0 Å². The van der Waals surface area contributed by atoms with Crippen molar-refractivity contribution in [3.05, 3.63) is 41.5 Å². The van der Waals surface area contributed by atoms with E-state index in [0.29, 0.717) is 30.7 Å². The van der Waals surface area contributed by atoms with Gasteiger partial charge in [0.05, 0.1) is 18.4 Å². The standard InChI is InChI=1S/C48H74O8/c1-4-7-9-11-13-17-35-20-24-38(25-21-35)47(52)55-40-30-28-37(29-31-40)41-32-33-43(45(46(50)51)42(41)19-15-16-34-54-44(49)6-3)56-48(53)39-26-22-36(23-27-39)18-14-12-10-8-5-2/h6,32-33,35-40H,3-5,7-31,34H2,1-2H3,(H,50,51). The number of unbranched alkanes of at least 4 members (excludes halogenated alkanes) is 9. The zero-order valence-corrected chi connectivity index (χ0v) is 35.0. The summed E-state index contributed by atoms with van der Waals surface area (Å²) >= 11 is 0. The van der Waals surface area contributed by atoms with Gasteiger partial charge in [0.1, 0.15) is 17.4 Å².